The summed E-state index contributed by atoms with van der Waals surface area (Å²) in [6.07, 6.45) is 2.09. The molecule has 0 saturated heterocycles. The van der Waals surface area contributed by atoms with Crippen molar-refractivity contribution in [2.75, 3.05) is 5.32 Å². The lowest BCUT2D eigenvalue weighted by atomic mass is 10.1. The van der Waals surface area contributed by atoms with Gasteiger partial charge in [0.05, 0.1) is 0 Å². The van der Waals surface area contributed by atoms with Gasteiger partial charge in [-0.1, -0.05) is 53.5 Å². The number of anilines is 1. The summed E-state index contributed by atoms with van der Waals surface area (Å²) in [5.74, 6) is 0.112. The Morgan fingerprint density at radius 2 is 1.80 bits per heavy atom. The van der Waals surface area contributed by atoms with Crippen LogP contribution in [-0.4, -0.2) is 15.9 Å². The molecule has 0 bridgehead atoms. The summed E-state index contributed by atoms with van der Waals surface area (Å²) < 4.78 is 0. The van der Waals surface area contributed by atoms with Gasteiger partial charge in [0.15, 0.2) is 10.3 Å². The summed E-state index contributed by atoms with van der Waals surface area (Å²) in [5.41, 5.74) is 1.45. The predicted octanol–water partition coefficient (Wildman–Crippen LogP) is 3.53. The number of hydrogen-bond acceptors (Lipinski definition) is 3. The minimum atomic E-state index is -0.0996. The Morgan fingerprint density at radius 1 is 1.15 bits per heavy atom. The third-order valence-corrected chi connectivity index (χ3v) is 3.93. The Kier molecular flexibility index (Phi) is 3.59. The number of amides is 1. The first-order chi connectivity index (χ1) is 9.66. The van der Waals surface area contributed by atoms with Crippen molar-refractivity contribution in [3.05, 3.63) is 52.5 Å². The van der Waals surface area contributed by atoms with Crippen LogP contribution < -0.4 is 5.32 Å². The molecule has 1 amide bonds. The van der Waals surface area contributed by atoms with E-state index in [1.165, 1.54) is 11.9 Å². The number of benzene rings is 1. The summed E-state index contributed by atoms with van der Waals surface area (Å²) in [7, 11) is 0. The van der Waals surface area contributed by atoms with Gasteiger partial charge < -0.3 is 5.32 Å². The van der Waals surface area contributed by atoms with E-state index in [-0.39, 0.29) is 33.7 Å². The fraction of sp³-hybridized carbons (Fsp3) is 0.214. The molecule has 3 rings (SSSR count). The van der Waals surface area contributed by atoms with Gasteiger partial charge in [-0.05, 0) is 17.9 Å². The Hall–Kier alpha value is -1.65. The van der Waals surface area contributed by atoms with E-state index in [0.29, 0.717) is 0 Å². The molecule has 2 atom stereocenters. The van der Waals surface area contributed by atoms with Gasteiger partial charge in [-0.2, -0.15) is 0 Å². The highest BCUT2D eigenvalue weighted by molar-refractivity contribution is 6.38. The van der Waals surface area contributed by atoms with Crippen LogP contribution >= 0.6 is 23.2 Å². The van der Waals surface area contributed by atoms with Gasteiger partial charge in [0.2, 0.25) is 5.91 Å². The van der Waals surface area contributed by atoms with Crippen molar-refractivity contribution in [3.63, 3.8) is 0 Å². The van der Waals surface area contributed by atoms with Crippen LogP contribution in [0.3, 0.4) is 0 Å². The second kappa shape index (κ2) is 5.38. The number of nitrogens with one attached hydrogen (secondary N) is 1. The SMILES string of the molecule is O=C(Nc1c(Cl)ncnc1Cl)C1CC1c1ccccc1. The Balaban J connectivity index is 1.70. The first-order valence-electron chi connectivity index (χ1n) is 6.18. The second-order valence-electron chi connectivity index (χ2n) is 4.68. The molecule has 1 heterocycles. The van der Waals surface area contributed by atoms with Crippen LogP contribution in [0.25, 0.3) is 0 Å². The lowest BCUT2D eigenvalue weighted by Gasteiger charge is -2.07. The van der Waals surface area contributed by atoms with E-state index in [0.717, 1.165) is 6.42 Å². The van der Waals surface area contributed by atoms with E-state index in [4.69, 9.17) is 23.2 Å². The third-order valence-electron chi connectivity index (χ3n) is 3.36. The van der Waals surface area contributed by atoms with Crippen molar-refractivity contribution in [1.29, 1.82) is 0 Å². The molecular weight excluding hydrogens is 297 g/mol. The summed E-state index contributed by atoms with van der Waals surface area (Å²) in [6.45, 7) is 0. The van der Waals surface area contributed by atoms with Crippen molar-refractivity contribution in [2.24, 2.45) is 5.92 Å². The normalized spacial score (nSPS) is 20.5. The van der Waals surface area contributed by atoms with Gasteiger partial charge in [-0.15, -0.1) is 0 Å². The molecule has 0 radical (unpaired) electrons. The predicted molar refractivity (Wildman–Crippen MR) is 78.0 cm³/mol. The zero-order valence-electron chi connectivity index (χ0n) is 10.4. The molecule has 0 aliphatic heterocycles. The van der Waals surface area contributed by atoms with Crippen molar-refractivity contribution >= 4 is 34.8 Å². The first-order valence-corrected chi connectivity index (χ1v) is 6.94. The molecule has 1 aromatic heterocycles. The van der Waals surface area contributed by atoms with Crippen LogP contribution in [0, 0.1) is 5.92 Å². The van der Waals surface area contributed by atoms with Crippen molar-refractivity contribution < 1.29 is 4.79 Å². The monoisotopic (exact) mass is 307 g/mol. The zero-order valence-corrected chi connectivity index (χ0v) is 11.9. The van der Waals surface area contributed by atoms with Crippen LogP contribution in [0.4, 0.5) is 5.69 Å². The number of carbonyl (C=O) groups excluding carboxylic acids is 1. The van der Waals surface area contributed by atoms with Crippen LogP contribution in [0.2, 0.25) is 10.3 Å². The van der Waals surface area contributed by atoms with E-state index in [1.54, 1.807) is 0 Å². The Bertz CT molecular complexity index is 628. The van der Waals surface area contributed by atoms with Gasteiger partial charge >= 0.3 is 0 Å². The van der Waals surface area contributed by atoms with E-state index in [1.807, 2.05) is 30.3 Å². The molecule has 1 N–H and O–H groups in total. The average Bonchev–Trinajstić information content (AvgIpc) is 3.24. The Labute approximate surface area is 126 Å². The quantitative estimate of drug-likeness (QED) is 0.883. The number of rotatable bonds is 3. The van der Waals surface area contributed by atoms with Gasteiger partial charge in [0.1, 0.15) is 12.0 Å². The smallest absolute Gasteiger partial charge is 0.228 e. The lowest BCUT2D eigenvalue weighted by Crippen LogP contribution is -2.15. The van der Waals surface area contributed by atoms with E-state index >= 15 is 0 Å². The molecule has 20 heavy (non-hydrogen) atoms. The van der Waals surface area contributed by atoms with Crippen molar-refractivity contribution in [2.45, 2.75) is 12.3 Å². The number of halogens is 2. The summed E-state index contributed by atoms with van der Waals surface area (Å²) in [5, 5.41) is 3.01. The molecule has 0 spiro atoms. The molecule has 1 aliphatic rings. The second-order valence-corrected chi connectivity index (χ2v) is 5.39. The van der Waals surface area contributed by atoms with Crippen LogP contribution in [0.5, 0.6) is 0 Å². The minimum Gasteiger partial charge on any atom is -0.321 e. The number of hydrogen-bond donors (Lipinski definition) is 1. The van der Waals surface area contributed by atoms with Crippen molar-refractivity contribution in [3.8, 4) is 0 Å². The maximum Gasteiger partial charge on any atom is 0.228 e. The molecule has 1 aromatic carbocycles. The van der Waals surface area contributed by atoms with Gasteiger partial charge in [0.25, 0.3) is 0 Å². The maximum absolute atomic E-state index is 12.2. The summed E-state index contributed by atoms with van der Waals surface area (Å²) in [6, 6.07) is 9.97. The van der Waals surface area contributed by atoms with E-state index in [2.05, 4.69) is 15.3 Å². The number of aromatic nitrogens is 2. The van der Waals surface area contributed by atoms with Gasteiger partial charge in [0, 0.05) is 5.92 Å². The molecule has 4 nitrogen and oxygen atoms in total. The van der Waals surface area contributed by atoms with Crippen LogP contribution in [0.15, 0.2) is 36.7 Å². The topological polar surface area (TPSA) is 54.9 Å². The molecule has 2 unspecified atom stereocenters. The summed E-state index contributed by atoms with van der Waals surface area (Å²) in [4.78, 5) is 19.8. The summed E-state index contributed by atoms with van der Waals surface area (Å²) >= 11 is 11.8. The highest BCUT2D eigenvalue weighted by Crippen LogP contribution is 2.48. The molecular formula is C14H11Cl2N3O. The molecule has 102 valence electrons. The third kappa shape index (κ3) is 2.62. The number of carbonyl (C=O) groups is 1. The fourth-order valence-corrected chi connectivity index (χ4v) is 2.63. The lowest BCUT2D eigenvalue weighted by molar-refractivity contribution is -0.117. The first kappa shape index (κ1) is 13.3. The zero-order chi connectivity index (χ0) is 14.1. The standard InChI is InChI=1S/C14H11Cl2N3O/c15-12-11(13(16)18-7-17-12)19-14(20)10-6-9(10)8-4-2-1-3-5-8/h1-5,7,9-10H,6H2,(H,19,20). The van der Waals surface area contributed by atoms with Crippen molar-refractivity contribution in [1.82, 2.24) is 9.97 Å². The molecule has 2 aromatic rings. The Morgan fingerprint density at radius 3 is 2.45 bits per heavy atom. The largest absolute Gasteiger partial charge is 0.321 e. The van der Waals surface area contributed by atoms with Crippen LogP contribution in [-0.2, 0) is 4.79 Å². The minimum absolute atomic E-state index is 0.0512. The highest BCUT2D eigenvalue weighted by Gasteiger charge is 2.44. The maximum atomic E-state index is 12.2. The fourth-order valence-electron chi connectivity index (χ4n) is 2.22. The molecule has 1 saturated carbocycles. The van der Waals surface area contributed by atoms with Gasteiger partial charge in [-0.25, -0.2) is 9.97 Å². The van der Waals surface area contributed by atoms with Gasteiger partial charge in [-0.3, -0.25) is 4.79 Å². The highest BCUT2D eigenvalue weighted by atomic mass is 35.5. The molecule has 6 heteroatoms. The molecule has 1 fully saturated rings. The van der Waals surface area contributed by atoms with Crippen LogP contribution in [0.1, 0.15) is 17.9 Å². The van der Waals surface area contributed by atoms with E-state index in [9.17, 15) is 4.79 Å². The number of nitrogens with zero attached hydrogens (tertiary/aromatic N) is 2. The molecule has 1 aliphatic carbocycles. The average molecular weight is 308 g/mol. The van der Waals surface area contributed by atoms with E-state index < -0.39 is 0 Å².